The molecule has 0 spiro atoms. The van der Waals surface area contributed by atoms with Crippen molar-refractivity contribution in [2.75, 3.05) is 0 Å². The minimum absolute atomic E-state index is 0.163. The summed E-state index contributed by atoms with van der Waals surface area (Å²) in [7, 11) is -4.93. The molecule has 0 amide bonds. The lowest BCUT2D eigenvalue weighted by molar-refractivity contribution is 0.219. The van der Waals surface area contributed by atoms with E-state index in [9.17, 15) is 17.2 Å². The number of hydrogen-bond acceptors (Lipinski definition) is 4. The molecule has 0 saturated carbocycles. The summed E-state index contributed by atoms with van der Waals surface area (Å²) >= 11 is 0. The molecule has 0 aliphatic rings. The Balaban J connectivity index is 3.23. The SMILES string of the molecule is Cc1cc(C#N)cc(C)c1OS(=O)(=O)C(F)F. The molecule has 0 aliphatic carbocycles. The monoisotopic (exact) mass is 261 g/mol. The van der Waals surface area contributed by atoms with Crippen molar-refractivity contribution in [2.24, 2.45) is 0 Å². The topological polar surface area (TPSA) is 67.2 Å². The van der Waals surface area contributed by atoms with E-state index in [1.54, 1.807) is 0 Å². The lowest BCUT2D eigenvalue weighted by Gasteiger charge is -2.11. The lowest BCUT2D eigenvalue weighted by atomic mass is 10.1. The predicted octanol–water partition coefficient (Wildman–Crippen LogP) is 2.11. The zero-order chi connectivity index (χ0) is 13.2. The molecule has 0 radical (unpaired) electrons. The largest absolute Gasteiger partial charge is 0.378 e. The summed E-state index contributed by atoms with van der Waals surface area (Å²) in [4.78, 5) is 0. The molecule has 0 aliphatic heterocycles. The molecule has 1 aromatic carbocycles. The first kappa shape index (κ1) is 13.4. The van der Waals surface area contributed by atoms with Gasteiger partial charge in [-0.15, -0.1) is 0 Å². The second-order valence-electron chi connectivity index (χ2n) is 3.39. The van der Waals surface area contributed by atoms with Crippen LogP contribution in [0, 0.1) is 25.2 Å². The van der Waals surface area contributed by atoms with E-state index in [-0.39, 0.29) is 5.75 Å². The summed E-state index contributed by atoms with van der Waals surface area (Å²) in [5.41, 5.74) is 0.929. The van der Waals surface area contributed by atoms with E-state index in [1.807, 2.05) is 6.07 Å². The zero-order valence-electron chi connectivity index (χ0n) is 9.07. The van der Waals surface area contributed by atoms with E-state index >= 15 is 0 Å². The number of nitrogens with zero attached hydrogens (tertiary/aromatic N) is 1. The molecule has 0 aromatic heterocycles. The molecule has 7 heteroatoms. The number of rotatable bonds is 3. The summed E-state index contributed by atoms with van der Waals surface area (Å²) in [6.07, 6.45) is 0. The van der Waals surface area contributed by atoms with Gasteiger partial charge in [0.05, 0.1) is 11.6 Å². The van der Waals surface area contributed by atoms with Gasteiger partial charge < -0.3 is 4.18 Å². The fourth-order valence-corrected chi connectivity index (χ4v) is 1.87. The van der Waals surface area contributed by atoms with E-state index < -0.39 is 15.9 Å². The van der Waals surface area contributed by atoms with Gasteiger partial charge in [-0.2, -0.15) is 22.5 Å². The molecule has 92 valence electrons. The van der Waals surface area contributed by atoms with Gasteiger partial charge in [0.2, 0.25) is 0 Å². The minimum atomic E-state index is -4.93. The van der Waals surface area contributed by atoms with Crippen LogP contribution in [-0.4, -0.2) is 14.2 Å². The van der Waals surface area contributed by atoms with E-state index in [2.05, 4.69) is 4.18 Å². The first-order chi connectivity index (χ1) is 7.77. The lowest BCUT2D eigenvalue weighted by Crippen LogP contribution is -2.19. The van der Waals surface area contributed by atoms with Crippen molar-refractivity contribution in [1.29, 1.82) is 5.26 Å². The molecular weight excluding hydrogens is 252 g/mol. The van der Waals surface area contributed by atoms with Crippen molar-refractivity contribution in [3.63, 3.8) is 0 Å². The molecule has 17 heavy (non-hydrogen) atoms. The van der Waals surface area contributed by atoms with Gasteiger partial charge in [0, 0.05) is 0 Å². The number of hydrogen-bond donors (Lipinski definition) is 0. The number of benzene rings is 1. The highest BCUT2D eigenvalue weighted by molar-refractivity contribution is 7.87. The molecule has 1 aromatic rings. The quantitative estimate of drug-likeness (QED) is 0.781. The summed E-state index contributed by atoms with van der Waals surface area (Å²) < 4.78 is 50.5. The van der Waals surface area contributed by atoms with Gasteiger partial charge in [-0.3, -0.25) is 0 Å². The van der Waals surface area contributed by atoms with Gasteiger partial charge in [-0.25, -0.2) is 0 Å². The maximum Gasteiger partial charge on any atom is 0.372 e. The second kappa shape index (κ2) is 4.67. The highest BCUT2D eigenvalue weighted by Crippen LogP contribution is 2.27. The van der Waals surface area contributed by atoms with Gasteiger partial charge in [0.25, 0.3) is 0 Å². The Morgan fingerprint density at radius 3 is 2.12 bits per heavy atom. The third kappa shape index (κ3) is 2.91. The van der Waals surface area contributed by atoms with Crippen LogP contribution in [0.15, 0.2) is 12.1 Å². The van der Waals surface area contributed by atoms with Crippen LogP contribution in [0.3, 0.4) is 0 Å². The number of aryl methyl sites for hydroxylation is 2. The molecule has 0 saturated heterocycles. The summed E-state index contributed by atoms with van der Waals surface area (Å²) in [6.45, 7) is 2.95. The molecular formula is C10H9F2NO3S. The van der Waals surface area contributed by atoms with Gasteiger partial charge in [0.1, 0.15) is 5.75 Å². The molecule has 0 N–H and O–H groups in total. The average Bonchev–Trinajstić information content (AvgIpc) is 2.22. The van der Waals surface area contributed by atoms with Crippen LogP contribution in [-0.2, 0) is 10.1 Å². The van der Waals surface area contributed by atoms with Gasteiger partial charge >= 0.3 is 15.9 Å². The molecule has 0 heterocycles. The molecule has 0 bridgehead atoms. The van der Waals surface area contributed by atoms with E-state index in [1.165, 1.54) is 26.0 Å². The van der Waals surface area contributed by atoms with Crippen molar-refractivity contribution in [1.82, 2.24) is 0 Å². The van der Waals surface area contributed by atoms with Crippen LogP contribution in [0.25, 0.3) is 0 Å². The summed E-state index contributed by atoms with van der Waals surface area (Å²) in [5, 5.41) is 8.67. The highest BCUT2D eigenvalue weighted by Gasteiger charge is 2.27. The van der Waals surface area contributed by atoms with E-state index in [0.29, 0.717) is 16.7 Å². The molecule has 1 rings (SSSR count). The number of halogens is 2. The third-order valence-electron chi connectivity index (χ3n) is 2.01. The first-order valence-corrected chi connectivity index (χ1v) is 5.98. The zero-order valence-corrected chi connectivity index (χ0v) is 9.88. The summed E-state index contributed by atoms with van der Waals surface area (Å²) in [5.74, 6) is -3.76. The highest BCUT2D eigenvalue weighted by atomic mass is 32.2. The molecule has 0 atom stereocenters. The van der Waals surface area contributed by atoms with Gasteiger partial charge in [-0.05, 0) is 37.1 Å². The Labute approximate surface area is 97.6 Å². The fourth-order valence-electron chi connectivity index (χ4n) is 1.30. The smallest absolute Gasteiger partial charge is 0.372 e. The Bertz CT molecular complexity index is 553. The van der Waals surface area contributed by atoms with Crippen molar-refractivity contribution >= 4 is 10.1 Å². The average molecular weight is 261 g/mol. The van der Waals surface area contributed by atoms with Crippen LogP contribution in [0.1, 0.15) is 16.7 Å². The molecule has 0 fully saturated rings. The Morgan fingerprint density at radius 2 is 1.76 bits per heavy atom. The first-order valence-electron chi connectivity index (χ1n) is 4.50. The summed E-state index contributed by atoms with van der Waals surface area (Å²) in [6, 6.07) is 4.60. The Morgan fingerprint density at radius 1 is 1.29 bits per heavy atom. The minimum Gasteiger partial charge on any atom is -0.378 e. The maximum atomic E-state index is 12.1. The van der Waals surface area contributed by atoms with Crippen molar-refractivity contribution in [3.8, 4) is 11.8 Å². The van der Waals surface area contributed by atoms with Crippen LogP contribution in [0.2, 0.25) is 0 Å². The van der Waals surface area contributed by atoms with Gasteiger partial charge in [-0.1, -0.05) is 0 Å². The Hall–Kier alpha value is -1.68. The number of nitriles is 1. The molecule has 0 unspecified atom stereocenters. The standard InChI is InChI=1S/C10H9F2NO3S/c1-6-3-8(5-13)4-7(2)9(6)16-17(14,15)10(11)12/h3-4,10H,1-2H3. The predicted molar refractivity (Wildman–Crippen MR) is 56.2 cm³/mol. The number of alkyl halides is 2. The van der Waals surface area contributed by atoms with Crippen molar-refractivity contribution < 1.29 is 21.4 Å². The maximum absolute atomic E-state index is 12.1. The van der Waals surface area contributed by atoms with Crippen LogP contribution in [0.4, 0.5) is 8.78 Å². The van der Waals surface area contributed by atoms with Crippen LogP contribution < -0.4 is 4.18 Å². The van der Waals surface area contributed by atoms with Crippen LogP contribution in [0.5, 0.6) is 5.75 Å². The fraction of sp³-hybridized carbons (Fsp3) is 0.300. The van der Waals surface area contributed by atoms with E-state index in [0.717, 1.165) is 0 Å². The van der Waals surface area contributed by atoms with Crippen molar-refractivity contribution in [3.05, 3.63) is 28.8 Å². The Kier molecular flexibility index (Phi) is 3.68. The third-order valence-corrected chi connectivity index (χ3v) is 2.84. The molecule has 4 nitrogen and oxygen atoms in total. The van der Waals surface area contributed by atoms with Crippen LogP contribution >= 0.6 is 0 Å². The normalized spacial score (nSPS) is 11.3. The second-order valence-corrected chi connectivity index (χ2v) is 4.90. The van der Waals surface area contributed by atoms with Gasteiger partial charge in [0.15, 0.2) is 0 Å². The van der Waals surface area contributed by atoms with Crippen molar-refractivity contribution in [2.45, 2.75) is 19.6 Å². The van der Waals surface area contributed by atoms with E-state index in [4.69, 9.17) is 5.26 Å².